The molecule has 0 radical (unpaired) electrons. The van der Waals surface area contributed by atoms with Crippen LogP contribution in [-0.4, -0.2) is 67.7 Å². The van der Waals surface area contributed by atoms with Gasteiger partial charge >= 0.3 is 0 Å². The van der Waals surface area contributed by atoms with E-state index < -0.39 is 0 Å². The number of hydrogen-bond acceptors (Lipinski definition) is 4. The van der Waals surface area contributed by atoms with Gasteiger partial charge < -0.3 is 15.0 Å². The summed E-state index contributed by atoms with van der Waals surface area (Å²) in [7, 11) is 2.13. The third-order valence-electron chi connectivity index (χ3n) is 5.16. The minimum absolute atomic E-state index is 0.0543. The van der Waals surface area contributed by atoms with Crippen LogP contribution in [0.5, 0.6) is 0 Å². The van der Waals surface area contributed by atoms with Crippen molar-refractivity contribution in [1.29, 1.82) is 0 Å². The molecule has 0 unspecified atom stereocenters. The molecule has 132 valence electrons. The van der Waals surface area contributed by atoms with Gasteiger partial charge in [0.2, 0.25) is 5.91 Å². The van der Waals surface area contributed by atoms with Gasteiger partial charge in [-0.05, 0) is 32.4 Å². The molecule has 5 heteroatoms. The van der Waals surface area contributed by atoms with E-state index in [2.05, 4.69) is 41.2 Å². The number of ether oxygens (including phenoxy) is 1. The minimum Gasteiger partial charge on any atom is -0.376 e. The van der Waals surface area contributed by atoms with E-state index in [1.54, 1.807) is 0 Å². The summed E-state index contributed by atoms with van der Waals surface area (Å²) in [5.41, 5.74) is 1.07. The lowest BCUT2D eigenvalue weighted by Crippen LogP contribution is -2.52. The second kappa shape index (κ2) is 8.10. The summed E-state index contributed by atoms with van der Waals surface area (Å²) in [6.45, 7) is 6.69. The number of carbonyl (C=O) groups is 1. The van der Waals surface area contributed by atoms with Crippen LogP contribution in [0.25, 0.3) is 0 Å². The first-order valence-electron chi connectivity index (χ1n) is 9.04. The Bertz CT molecular complexity index is 523. The zero-order chi connectivity index (χ0) is 16.9. The summed E-state index contributed by atoms with van der Waals surface area (Å²) in [5.74, 6) is 0.0914. The Morgan fingerprint density at radius 2 is 1.92 bits per heavy atom. The molecule has 0 saturated carbocycles. The molecule has 3 atom stereocenters. The highest BCUT2D eigenvalue weighted by atomic mass is 16.5. The lowest BCUT2D eigenvalue weighted by Gasteiger charge is -2.38. The van der Waals surface area contributed by atoms with E-state index >= 15 is 0 Å². The maximum Gasteiger partial charge on any atom is 0.242 e. The fraction of sp³-hybridized carbons (Fsp3) is 0.632. The van der Waals surface area contributed by atoms with E-state index in [4.69, 9.17) is 4.74 Å². The highest BCUT2D eigenvalue weighted by molar-refractivity contribution is 5.83. The molecule has 5 nitrogen and oxygen atoms in total. The van der Waals surface area contributed by atoms with Gasteiger partial charge in [0.15, 0.2) is 0 Å². The fourth-order valence-corrected chi connectivity index (χ4v) is 3.64. The van der Waals surface area contributed by atoms with Crippen LogP contribution in [0.2, 0.25) is 0 Å². The van der Waals surface area contributed by atoms with Gasteiger partial charge in [-0.25, -0.2) is 0 Å². The van der Waals surface area contributed by atoms with E-state index in [1.165, 1.54) is 0 Å². The third kappa shape index (κ3) is 4.15. The van der Waals surface area contributed by atoms with Gasteiger partial charge in [0.05, 0.1) is 12.1 Å². The fourth-order valence-electron chi connectivity index (χ4n) is 3.64. The largest absolute Gasteiger partial charge is 0.376 e. The molecule has 2 fully saturated rings. The van der Waals surface area contributed by atoms with E-state index in [-0.39, 0.29) is 24.1 Å². The first-order valence-corrected chi connectivity index (χ1v) is 9.04. The Balaban J connectivity index is 1.72. The summed E-state index contributed by atoms with van der Waals surface area (Å²) >= 11 is 0. The van der Waals surface area contributed by atoms with Crippen LogP contribution in [0, 0.1) is 0 Å². The molecule has 2 heterocycles. The van der Waals surface area contributed by atoms with E-state index in [0.29, 0.717) is 0 Å². The number of carbonyl (C=O) groups excluding carboxylic acids is 1. The molecule has 3 rings (SSSR count). The zero-order valence-corrected chi connectivity index (χ0v) is 14.8. The van der Waals surface area contributed by atoms with Gasteiger partial charge in [-0.1, -0.05) is 30.3 Å². The van der Waals surface area contributed by atoms with Gasteiger partial charge in [-0.2, -0.15) is 0 Å². The molecule has 0 bridgehead atoms. The van der Waals surface area contributed by atoms with Gasteiger partial charge in [-0.3, -0.25) is 9.69 Å². The number of amides is 1. The normalized spacial score (nSPS) is 25.3. The predicted octanol–water partition coefficient (Wildman–Crippen LogP) is 1.66. The third-order valence-corrected chi connectivity index (χ3v) is 5.16. The molecule has 24 heavy (non-hydrogen) atoms. The molecular weight excluding hydrogens is 302 g/mol. The molecule has 0 aliphatic carbocycles. The Hall–Kier alpha value is -1.43. The molecule has 1 N–H and O–H groups in total. The SMILES string of the molecule is C[C@H](NC(=O)[C@H](c1ccccc1)N1CCN(C)CC1)[C@H]1CCCO1. The van der Waals surface area contributed by atoms with Gasteiger partial charge in [-0.15, -0.1) is 0 Å². The quantitative estimate of drug-likeness (QED) is 0.891. The van der Waals surface area contributed by atoms with Gasteiger partial charge in [0, 0.05) is 32.8 Å². The van der Waals surface area contributed by atoms with Crippen LogP contribution < -0.4 is 5.32 Å². The van der Waals surface area contributed by atoms with Crippen molar-refractivity contribution in [2.45, 2.75) is 38.0 Å². The Kier molecular flexibility index (Phi) is 5.87. The number of benzene rings is 1. The van der Waals surface area contributed by atoms with Crippen molar-refractivity contribution in [2.24, 2.45) is 0 Å². The van der Waals surface area contributed by atoms with Crippen LogP contribution in [-0.2, 0) is 9.53 Å². The maximum absolute atomic E-state index is 13.1. The number of nitrogens with one attached hydrogen (secondary N) is 1. The number of rotatable bonds is 5. The number of piperazine rings is 1. The molecule has 2 aliphatic heterocycles. The van der Waals surface area contributed by atoms with Crippen molar-refractivity contribution in [3.8, 4) is 0 Å². The summed E-state index contributed by atoms with van der Waals surface area (Å²) in [4.78, 5) is 17.7. The first-order chi connectivity index (χ1) is 11.6. The topological polar surface area (TPSA) is 44.8 Å². The van der Waals surface area contributed by atoms with Crippen molar-refractivity contribution in [3.05, 3.63) is 35.9 Å². The smallest absolute Gasteiger partial charge is 0.242 e. The number of hydrogen-bond donors (Lipinski definition) is 1. The van der Waals surface area contributed by atoms with Crippen LogP contribution in [0.4, 0.5) is 0 Å². The monoisotopic (exact) mass is 331 g/mol. The zero-order valence-electron chi connectivity index (χ0n) is 14.8. The van der Waals surface area contributed by atoms with Crippen molar-refractivity contribution < 1.29 is 9.53 Å². The van der Waals surface area contributed by atoms with Crippen molar-refractivity contribution in [1.82, 2.24) is 15.1 Å². The molecule has 0 aromatic heterocycles. The predicted molar refractivity (Wildman–Crippen MR) is 94.8 cm³/mol. The van der Waals surface area contributed by atoms with Crippen LogP contribution in [0.15, 0.2) is 30.3 Å². The Morgan fingerprint density at radius 1 is 1.21 bits per heavy atom. The van der Waals surface area contributed by atoms with Crippen LogP contribution in [0.1, 0.15) is 31.4 Å². The standard InChI is InChI=1S/C19H29N3O2/c1-15(17-9-6-14-24-17)20-19(23)18(16-7-4-3-5-8-16)22-12-10-21(2)11-13-22/h3-5,7-8,15,17-18H,6,9-14H2,1-2H3,(H,20,23)/t15-,17+,18-/m0/s1. The Labute approximate surface area is 145 Å². The molecule has 1 amide bonds. The average Bonchev–Trinajstić information content (AvgIpc) is 3.12. The lowest BCUT2D eigenvalue weighted by atomic mass is 10.0. The number of likely N-dealkylation sites (N-methyl/N-ethyl adjacent to an activating group) is 1. The molecule has 2 saturated heterocycles. The van der Waals surface area contributed by atoms with Crippen molar-refractivity contribution in [2.75, 3.05) is 39.8 Å². The summed E-state index contributed by atoms with van der Waals surface area (Å²) in [6.07, 6.45) is 2.27. The van der Waals surface area contributed by atoms with Crippen LogP contribution >= 0.6 is 0 Å². The van der Waals surface area contributed by atoms with Gasteiger partial charge in [0.25, 0.3) is 0 Å². The Morgan fingerprint density at radius 3 is 2.54 bits per heavy atom. The molecule has 1 aromatic carbocycles. The summed E-state index contributed by atoms with van der Waals surface area (Å²) in [5, 5.41) is 3.21. The summed E-state index contributed by atoms with van der Waals surface area (Å²) in [6, 6.07) is 9.96. The average molecular weight is 331 g/mol. The van der Waals surface area contributed by atoms with E-state index in [0.717, 1.165) is 51.2 Å². The van der Waals surface area contributed by atoms with Crippen molar-refractivity contribution >= 4 is 5.91 Å². The minimum atomic E-state index is -0.219. The van der Waals surface area contributed by atoms with Gasteiger partial charge in [0.1, 0.15) is 6.04 Å². The maximum atomic E-state index is 13.1. The molecule has 2 aliphatic rings. The van der Waals surface area contributed by atoms with E-state index in [1.807, 2.05) is 18.2 Å². The summed E-state index contributed by atoms with van der Waals surface area (Å²) < 4.78 is 5.73. The second-order valence-electron chi connectivity index (χ2n) is 7.00. The molecular formula is C19H29N3O2. The second-order valence-corrected chi connectivity index (χ2v) is 7.00. The molecule has 0 spiro atoms. The van der Waals surface area contributed by atoms with Crippen LogP contribution in [0.3, 0.4) is 0 Å². The molecule has 1 aromatic rings. The highest BCUT2D eigenvalue weighted by Crippen LogP contribution is 2.23. The van der Waals surface area contributed by atoms with Crippen molar-refractivity contribution in [3.63, 3.8) is 0 Å². The highest BCUT2D eigenvalue weighted by Gasteiger charge is 2.32. The lowest BCUT2D eigenvalue weighted by molar-refractivity contribution is -0.129. The van der Waals surface area contributed by atoms with E-state index in [9.17, 15) is 4.79 Å². The number of nitrogens with zero attached hydrogens (tertiary/aromatic N) is 2. The first kappa shape index (κ1) is 17.4.